The van der Waals surface area contributed by atoms with Crippen molar-refractivity contribution >= 4 is 37.5 Å². The molecule has 0 bridgehead atoms. The van der Waals surface area contributed by atoms with E-state index >= 15 is 0 Å². The van der Waals surface area contributed by atoms with Gasteiger partial charge in [0.15, 0.2) is 0 Å². The molecule has 2 aromatic rings. The van der Waals surface area contributed by atoms with Crippen LogP contribution >= 0.6 is 15.9 Å². The highest BCUT2D eigenvalue weighted by molar-refractivity contribution is 9.10. The van der Waals surface area contributed by atoms with Crippen molar-refractivity contribution in [3.8, 4) is 0 Å². The number of nitrogens with zero attached hydrogens (tertiary/aromatic N) is 2. The Balaban J connectivity index is 1.51. The van der Waals surface area contributed by atoms with Crippen LogP contribution < -0.4 is 4.90 Å². The molecule has 0 radical (unpaired) electrons. The SMILES string of the molecule is CCC(=O)N1CCc2cc(Br)c(S(=O)(=O)N3CCC(Cc4ccccc4)CC3)cc21. The molecular weight excluding hydrogens is 464 g/mol. The van der Waals surface area contributed by atoms with E-state index in [4.69, 9.17) is 0 Å². The first-order chi connectivity index (χ1) is 14.4. The van der Waals surface area contributed by atoms with E-state index in [1.54, 1.807) is 15.3 Å². The molecule has 2 aliphatic rings. The van der Waals surface area contributed by atoms with E-state index in [1.807, 2.05) is 31.2 Å². The van der Waals surface area contributed by atoms with Crippen LogP contribution in [-0.4, -0.2) is 38.3 Å². The minimum absolute atomic E-state index is 0.0288. The number of sulfonamides is 1. The minimum Gasteiger partial charge on any atom is -0.312 e. The second kappa shape index (κ2) is 8.81. The Hall–Kier alpha value is -1.70. The molecule has 0 spiro atoms. The van der Waals surface area contributed by atoms with Crippen LogP contribution in [0.15, 0.2) is 51.8 Å². The topological polar surface area (TPSA) is 57.7 Å². The zero-order valence-electron chi connectivity index (χ0n) is 17.2. The van der Waals surface area contributed by atoms with Gasteiger partial charge in [-0.15, -0.1) is 0 Å². The quantitative estimate of drug-likeness (QED) is 0.624. The summed E-state index contributed by atoms with van der Waals surface area (Å²) in [4.78, 5) is 14.2. The number of amides is 1. The molecule has 4 rings (SSSR count). The van der Waals surface area contributed by atoms with Crippen LogP contribution in [0.4, 0.5) is 5.69 Å². The summed E-state index contributed by atoms with van der Waals surface area (Å²) in [6, 6.07) is 13.9. The predicted octanol–water partition coefficient (Wildman–Crippen LogP) is 4.39. The van der Waals surface area contributed by atoms with E-state index in [0.29, 0.717) is 36.4 Å². The number of piperidine rings is 1. The third-order valence-corrected chi connectivity index (χ3v) is 9.05. The number of carbonyl (C=O) groups is 1. The Morgan fingerprint density at radius 3 is 2.47 bits per heavy atom. The lowest BCUT2D eigenvalue weighted by atomic mass is 9.91. The summed E-state index contributed by atoms with van der Waals surface area (Å²) in [5.74, 6) is 0.529. The molecule has 0 N–H and O–H groups in total. The molecule has 1 amide bonds. The second-order valence-electron chi connectivity index (χ2n) is 8.10. The third kappa shape index (κ3) is 4.20. The molecule has 5 nitrogen and oxygen atoms in total. The maximum absolute atomic E-state index is 13.4. The maximum atomic E-state index is 13.4. The lowest BCUT2D eigenvalue weighted by Crippen LogP contribution is -2.39. The average Bonchev–Trinajstić information content (AvgIpc) is 3.16. The van der Waals surface area contributed by atoms with Gasteiger partial charge in [0.1, 0.15) is 0 Å². The molecule has 0 saturated carbocycles. The number of hydrogen-bond acceptors (Lipinski definition) is 3. The fourth-order valence-electron chi connectivity index (χ4n) is 4.48. The van der Waals surface area contributed by atoms with Gasteiger partial charge in [0.2, 0.25) is 15.9 Å². The number of anilines is 1. The molecule has 2 aromatic carbocycles. The summed E-state index contributed by atoms with van der Waals surface area (Å²) in [6.45, 7) is 3.50. The summed E-state index contributed by atoms with van der Waals surface area (Å²) in [7, 11) is -3.62. The second-order valence-corrected chi connectivity index (χ2v) is 10.9. The van der Waals surface area contributed by atoms with Crippen molar-refractivity contribution in [2.45, 2.75) is 43.9 Å². The Labute approximate surface area is 187 Å². The van der Waals surface area contributed by atoms with Crippen LogP contribution in [0.5, 0.6) is 0 Å². The smallest absolute Gasteiger partial charge is 0.244 e. The van der Waals surface area contributed by atoms with E-state index in [0.717, 1.165) is 36.9 Å². The molecule has 0 atom stereocenters. The van der Waals surface area contributed by atoms with Crippen LogP contribution in [0.3, 0.4) is 0 Å². The molecule has 1 saturated heterocycles. The number of benzene rings is 2. The van der Waals surface area contributed by atoms with Crippen molar-refractivity contribution in [3.63, 3.8) is 0 Å². The van der Waals surface area contributed by atoms with Gasteiger partial charge in [-0.25, -0.2) is 8.42 Å². The van der Waals surface area contributed by atoms with Gasteiger partial charge in [0.05, 0.1) is 4.90 Å². The highest BCUT2D eigenvalue weighted by atomic mass is 79.9. The van der Waals surface area contributed by atoms with E-state index in [2.05, 4.69) is 28.1 Å². The highest BCUT2D eigenvalue weighted by Gasteiger charge is 2.33. The molecule has 2 heterocycles. The summed E-state index contributed by atoms with van der Waals surface area (Å²) >= 11 is 3.47. The van der Waals surface area contributed by atoms with Crippen molar-refractivity contribution in [1.82, 2.24) is 4.31 Å². The van der Waals surface area contributed by atoms with Crippen LogP contribution in [0.25, 0.3) is 0 Å². The monoisotopic (exact) mass is 490 g/mol. The lowest BCUT2D eigenvalue weighted by molar-refractivity contribution is -0.118. The largest absolute Gasteiger partial charge is 0.312 e. The van der Waals surface area contributed by atoms with Crippen molar-refractivity contribution in [3.05, 3.63) is 58.1 Å². The first-order valence-corrected chi connectivity index (χ1v) is 12.8. The van der Waals surface area contributed by atoms with Gasteiger partial charge in [-0.3, -0.25) is 4.79 Å². The van der Waals surface area contributed by atoms with E-state index in [-0.39, 0.29) is 10.8 Å². The molecule has 0 unspecified atom stereocenters. The first-order valence-electron chi connectivity index (χ1n) is 10.6. The van der Waals surface area contributed by atoms with Gasteiger partial charge in [0.25, 0.3) is 0 Å². The van der Waals surface area contributed by atoms with Crippen molar-refractivity contribution in [1.29, 1.82) is 0 Å². The number of carbonyl (C=O) groups excluding carboxylic acids is 1. The molecular formula is C23H27BrN2O3S. The van der Waals surface area contributed by atoms with Gasteiger partial charge in [-0.05, 0) is 70.8 Å². The normalized spacial score (nSPS) is 17.9. The molecule has 0 aromatic heterocycles. The zero-order valence-corrected chi connectivity index (χ0v) is 19.6. The van der Waals surface area contributed by atoms with Crippen LogP contribution in [0, 0.1) is 5.92 Å². The molecule has 0 aliphatic carbocycles. The van der Waals surface area contributed by atoms with Crippen molar-refractivity contribution in [2.24, 2.45) is 5.92 Å². The number of rotatable bonds is 5. The standard InChI is InChI=1S/C23H27BrN2O3S/c1-2-23(27)26-13-10-19-15-20(24)22(16-21(19)26)30(28,29)25-11-8-18(9-12-25)14-17-6-4-3-5-7-17/h3-7,15-16,18H,2,8-14H2,1H3. The van der Waals surface area contributed by atoms with Gasteiger partial charge in [-0.2, -0.15) is 4.31 Å². The number of fused-ring (bicyclic) bond motifs is 1. The Morgan fingerprint density at radius 2 is 1.80 bits per heavy atom. The fraction of sp³-hybridized carbons (Fsp3) is 0.435. The van der Waals surface area contributed by atoms with E-state index < -0.39 is 10.0 Å². The van der Waals surface area contributed by atoms with Crippen molar-refractivity contribution < 1.29 is 13.2 Å². The average molecular weight is 491 g/mol. The number of hydrogen-bond donors (Lipinski definition) is 0. The molecule has 1 fully saturated rings. The van der Waals surface area contributed by atoms with Crippen LogP contribution in [0.1, 0.15) is 37.3 Å². The van der Waals surface area contributed by atoms with E-state index in [9.17, 15) is 13.2 Å². The van der Waals surface area contributed by atoms with Gasteiger partial charge >= 0.3 is 0 Å². The maximum Gasteiger partial charge on any atom is 0.244 e. The summed E-state index contributed by atoms with van der Waals surface area (Å²) in [6.07, 6.45) is 3.87. The zero-order chi connectivity index (χ0) is 21.3. The third-order valence-electron chi connectivity index (χ3n) is 6.19. The molecule has 30 heavy (non-hydrogen) atoms. The Kier molecular flexibility index (Phi) is 6.32. The van der Waals surface area contributed by atoms with Gasteiger partial charge in [0, 0.05) is 36.2 Å². The minimum atomic E-state index is -3.62. The molecule has 160 valence electrons. The highest BCUT2D eigenvalue weighted by Crippen LogP contribution is 2.37. The summed E-state index contributed by atoms with van der Waals surface area (Å²) < 4.78 is 29.0. The van der Waals surface area contributed by atoms with E-state index in [1.165, 1.54) is 5.56 Å². The number of halogens is 1. The van der Waals surface area contributed by atoms with Gasteiger partial charge in [-0.1, -0.05) is 37.3 Å². The molecule has 2 aliphatic heterocycles. The van der Waals surface area contributed by atoms with Crippen LogP contribution in [-0.2, 0) is 27.7 Å². The first kappa shape index (κ1) is 21.5. The van der Waals surface area contributed by atoms with Crippen molar-refractivity contribution in [2.75, 3.05) is 24.5 Å². The summed E-state index contributed by atoms with van der Waals surface area (Å²) in [5.41, 5.74) is 3.06. The fourth-order valence-corrected chi connectivity index (χ4v) is 7.02. The summed E-state index contributed by atoms with van der Waals surface area (Å²) in [5, 5.41) is 0. The lowest BCUT2D eigenvalue weighted by Gasteiger charge is -2.31. The Bertz CT molecular complexity index is 1030. The van der Waals surface area contributed by atoms with Gasteiger partial charge < -0.3 is 4.90 Å². The Morgan fingerprint density at radius 1 is 1.10 bits per heavy atom. The molecule has 7 heteroatoms. The predicted molar refractivity (Wildman–Crippen MR) is 122 cm³/mol. The van der Waals surface area contributed by atoms with Crippen LogP contribution in [0.2, 0.25) is 0 Å².